The predicted octanol–water partition coefficient (Wildman–Crippen LogP) is 0.00250. The third-order valence-corrected chi connectivity index (χ3v) is 1.89. The first-order valence-corrected chi connectivity index (χ1v) is 4.79. The van der Waals surface area contributed by atoms with Gasteiger partial charge in [0.25, 0.3) is 0 Å². The van der Waals surface area contributed by atoms with E-state index in [0.29, 0.717) is 12.5 Å². The number of rotatable bonds is 8. The highest BCUT2D eigenvalue weighted by Crippen LogP contribution is 1.99. The van der Waals surface area contributed by atoms with Crippen LogP contribution in [0.2, 0.25) is 0 Å². The van der Waals surface area contributed by atoms with E-state index in [9.17, 15) is 4.79 Å². The van der Waals surface area contributed by atoms with E-state index in [1.54, 1.807) is 0 Å². The van der Waals surface area contributed by atoms with Gasteiger partial charge in [-0.15, -0.1) is 0 Å². The Morgan fingerprint density at radius 2 is 2.23 bits per heavy atom. The van der Waals surface area contributed by atoms with Crippen molar-refractivity contribution in [2.24, 2.45) is 5.73 Å². The Bertz CT molecular complexity index is 140. The molecule has 1 atom stereocenters. The van der Waals surface area contributed by atoms with Crippen LogP contribution in [0.3, 0.4) is 0 Å². The van der Waals surface area contributed by atoms with E-state index in [2.05, 4.69) is 12.2 Å². The van der Waals surface area contributed by atoms with Crippen LogP contribution in [0.25, 0.3) is 0 Å². The number of hydrogen-bond donors (Lipinski definition) is 3. The minimum absolute atomic E-state index is 0.223. The van der Waals surface area contributed by atoms with Gasteiger partial charge in [0.05, 0.1) is 0 Å². The molecular weight excluding hydrogens is 168 g/mol. The van der Waals surface area contributed by atoms with E-state index >= 15 is 0 Å². The number of nitrogens with two attached hydrogens (primary N) is 1. The molecule has 1 unspecified atom stereocenters. The summed E-state index contributed by atoms with van der Waals surface area (Å²) in [6.45, 7) is 3.12. The molecule has 0 rings (SSSR count). The lowest BCUT2D eigenvalue weighted by Crippen LogP contribution is -2.27. The molecule has 0 aromatic rings. The van der Waals surface area contributed by atoms with Gasteiger partial charge in [-0.05, 0) is 32.7 Å². The second-order valence-electron chi connectivity index (χ2n) is 3.29. The molecule has 4 heteroatoms. The van der Waals surface area contributed by atoms with E-state index in [4.69, 9.17) is 10.8 Å². The minimum atomic E-state index is -0.234. The van der Waals surface area contributed by atoms with Crippen LogP contribution in [-0.4, -0.2) is 30.2 Å². The topological polar surface area (TPSA) is 75.4 Å². The molecule has 78 valence electrons. The highest BCUT2D eigenvalue weighted by atomic mass is 16.3. The number of aliphatic hydroxyl groups is 1. The van der Waals surface area contributed by atoms with Gasteiger partial charge in [-0.25, -0.2) is 0 Å². The lowest BCUT2D eigenvalue weighted by Gasteiger charge is -2.12. The van der Waals surface area contributed by atoms with E-state index in [0.717, 1.165) is 25.8 Å². The summed E-state index contributed by atoms with van der Waals surface area (Å²) in [5, 5.41) is 11.8. The lowest BCUT2D eigenvalue weighted by molar-refractivity contribution is -0.118. The molecule has 0 saturated carbocycles. The largest absolute Gasteiger partial charge is 0.396 e. The molecule has 0 heterocycles. The second kappa shape index (κ2) is 8.01. The quantitative estimate of drug-likeness (QED) is 0.469. The molecule has 1 amide bonds. The van der Waals surface area contributed by atoms with E-state index in [1.807, 2.05) is 0 Å². The van der Waals surface area contributed by atoms with Gasteiger partial charge in [-0.3, -0.25) is 4.79 Å². The lowest BCUT2D eigenvalue weighted by atomic mass is 10.1. The molecule has 0 aliphatic rings. The Labute approximate surface area is 79.5 Å². The first-order chi connectivity index (χ1) is 6.16. The Balaban J connectivity index is 3.19. The van der Waals surface area contributed by atoms with Crippen molar-refractivity contribution in [1.82, 2.24) is 5.32 Å². The van der Waals surface area contributed by atoms with Crippen LogP contribution in [-0.2, 0) is 4.79 Å². The number of primary amides is 1. The highest BCUT2D eigenvalue weighted by molar-refractivity contribution is 5.73. The van der Waals surface area contributed by atoms with E-state index in [-0.39, 0.29) is 12.5 Å². The first-order valence-electron chi connectivity index (χ1n) is 4.79. The summed E-state index contributed by atoms with van der Waals surface area (Å²) < 4.78 is 0. The summed E-state index contributed by atoms with van der Waals surface area (Å²) in [5.41, 5.74) is 5.01. The van der Waals surface area contributed by atoms with Gasteiger partial charge in [0.15, 0.2) is 0 Å². The molecule has 0 aliphatic carbocycles. The number of aliphatic hydroxyl groups excluding tert-OH is 1. The molecule has 0 spiro atoms. The van der Waals surface area contributed by atoms with Crippen molar-refractivity contribution in [3.8, 4) is 0 Å². The fourth-order valence-corrected chi connectivity index (χ4v) is 1.11. The Hall–Kier alpha value is -0.610. The van der Waals surface area contributed by atoms with Gasteiger partial charge < -0.3 is 16.2 Å². The van der Waals surface area contributed by atoms with Crippen molar-refractivity contribution < 1.29 is 9.90 Å². The van der Waals surface area contributed by atoms with Gasteiger partial charge in [-0.1, -0.05) is 0 Å². The smallest absolute Gasteiger partial charge is 0.217 e. The monoisotopic (exact) mass is 188 g/mol. The van der Waals surface area contributed by atoms with Crippen LogP contribution in [0, 0.1) is 0 Å². The van der Waals surface area contributed by atoms with Crippen LogP contribution in [0.5, 0.6) is 0 Å². The van der Waals surface area contributed by atoms with Crippen molar-refractivity contribution in [2.75, 3.05) is 13.2 Å². The summed E-state index contributed by atoms with van der Waals surface area (Å²) in [4.78, 5) is 10.4. The standard InChI is InChI=1S/C9H20N2O2/c1-8(11-6-3-7-12)4-2-5-9(10)13/h8,11-12H,2-7H2,1H3,(H2,10,13). The van der Waals surface area contributed by atoms with Crippen LogP contribution < -0.4 is 11.1 Å². The van der Waals surface area contributed by atoms with Crippen LogP contribution in [0.1, 0.15) is 32.6 Å². The number of hydrogen-bond acceptors (Lipinski definition) is 3. The van der Waals surface area contributed by atoms with E-state index in [1.165, 1.54) is 0 Å². The number of nitrogens with one attached hydrogen (secondary N) is 1. The molecule has 0 radical (unpaired) electrons. The van der Waals surface area contributed by atoms with Crippen molar-refractivity contribution in [3.05, 3.63) is 0 Å². The Kier molecular flexibility index (Phi) is 7.63. The Morgan fingerprint density at radius 1 is 1.54 bits per heavy atom. The maximum absolute atomic E-state index is 10.4. The van der Waals surface area contributed by atoms with Gasteiger partial charge in [-0.2, -0.15) is 0 Å². The van der Waals surface area contributed by atoms with Crippen LogP contribution >= 0.6 is 0 Å². The number of carbonyl (C=O) groups is 1. The summed E-state index contributed by atoms with van der Waals surface area (Å²) in [5.74, 6) is -0.234. The summed E-state index contributed by atoms with van der Waals surface area (Å²) in [6.07, 6.45) is 3.03. The molecule has 0 aromatic heterocycles. The van der Waals surface area contributed by atoms with Crippen molar-refractivity contribution in [1.29, 1.82) is 0 Å². The van der Waals surface area contributed by atoms with Crippen molar-refractivity contribution in [2.45, 2.75) is 38.6 Å². The zero-order chi connectivity index (χ0) is 10.1. The van der Waals surface area contributed by atoms with Crippen molar-refractivity contribution in [3.63, 3.8) is 0 Å². The molecule has 0 aliphatic heterocycles. The van der Waals surface area contributed by atoms with Crippen LogP contribution in [0.15, 0.2) is 0 Å². The fourth-order valence-electron chi connectivity index (χ4n) is 1.11. The molecule has 4 nitrogen and oxygen atoms in total. The molecule has 0 bridgehead atoms. The maximum atomic E-state index is 10.4. The molecule has 0 saturated heterocycles. The third kappa shape index (κ3) is 9.30. The highest BCUT2D eigenvalue weighted by Gasteiger charge is 2.01. The SMILES string of the molecule is CC(CCCC(N)=O)NCCCO. The van der Waals surface area contributed by atoms with Gasteiger partial charge in [0.2, 0.25) is 5.91 Å². The zero-order valence-corrected chi connectivity index (χ0v) is 8.25. The van der Waals surface area contributed by atoms with Gasteiger partial charge in [0.1, 0.15) is 0 Å². The minimum Gasteiger partial charge on any atom is -0.396 e. The molecule has 13 heavy (non-hydrogen) atoms. The summed E-state index contributed by atoms with van der Waals surface area (Å²) in [7, 11) is 0. The number of carbonyl (C=O) groups excluding carboxylic acids is 1. The van der Waals surface area contributed by atoms with E-state index < -0.39 is 0 Å². The average Bonchev–Trinajstić information content (AvgIpc) is 2.04. The predicted molar refractivity (Wildman–Crippen MR) is 52.2 cm³/mol. The zero-order valence-electron chi connectivity index (χ0n) is 8.25. The normalized spacial score (nSPS) is 12.8. The average molecular weight is 188 g/mol. The van der Waals surface area contributed by atoms with Gasteiger partial charge >= 0.3 is 0 Å². The molecular formula is C9H20N2O2. The number of amides is 1. The fraction of sp³-hybridized carbons (Fsp3) is 0.889. The molecule has 0 fully saturated rings. The Morgan fingerprint density at radius 3 is 2.77 bits per heavy atom. The molecule has 0 aromatic carbocycles. The second-order valence-corrected chi connectivity index (χ2v) is 3.29. The summed E-state index contributed by atoms with van der Waals surface area (Å²) >= 11 is 0. The first kappa shape index (κ1) is 12.4. The maximum Gasteiger partial charge on any atom is 0.217 e. The van der Waals surface area contributed by atoms with Gasteiger partial charge in [0, 0.05) is 19.1 Å². The van der Waals surface area contributed by atoms with Crippen molar-refractivity contribution >= 4 is 5.91 Å². The molecule has 4 N–H and O–H groups in total. The van der Waals surface area contributed by atoms with Crippen LogP contribution in [0.4, 0.5) is 0 Å². The third-order valence-electron chi connectivity index (χ3n) is 1.89. The summed E-state index contributed by atoms with van der Waals surface area (Å²) in [6, 6.07) is 0.394.